The second-order valence-electron chi connectivity index (χ2n) is 4.94. The summed E-state index contributed by atoms with van der Waals surface area (Å²) in [5.41, 5.74) is 1.44. The lowest BCUT2D eigenvalue weighted by Crippen LogP contribution is -2.30. The fourth-order valence-electron chi connectivity index (χ4n) is 2.06. The normalized spacial score (nSPS) is 15.4. The van der Waals surface area contributed by atoms with Crippen molar-refractivity contribution in [1.82, 2.24) is 4.67 Å². The molecule has 16 heavy (non-hydrogen) atoms. The molecule has 0 saturated heterocycles. The van der Waals surface area contributed by atoms with Crippen molar-refractivity contribution >= 4 is 9.39 Å². The highest BCUT2D eigenvalue weighted by Gasteiger charge is 2.16. The Hall–Kier alpha value is -0.390. The number of benzene rings is 1. The molecule has 0 fully saturated rings. The molecule has 3 unspecified atom stereocenters. The van der Waals surface area contributed by atoms with Crippen molar-refractivity contribution in [3.8, 4) is 0 Å². The predicted molar refractivity (Wildman–Crippen MR) is 75.6 cm³/mol. The predicted octanol–water partition coefficient (Wildman–Crippen LogP) is 4.07. The summed E-state index contributed by atoms with van der Waals surface area (Å²) >= 11 is 0. The van der Waals surface area contributed by atoms with E-state index in [0.29, 0.717) is 18.0 Å². The average Bonchev–Trinajstić information content (AvgIpc) is 2.28. The third-order valence-corrected chi connectivity index (χ3v) is 4.27. The van der Waals surface area contributed by atoms with Crippen LogP contribution in [0.25, 0.3) is 0 Å². The summed E-state index contributed by atoms with van der Waals surface area (Å²) in [6.45, 7) is 9.07. The van der Waals surface area contributed by atoms with E-state index in [4.69, 9.17) is 0 Å². The summed E-state index contributed by atoms with van der Waals surface area (Å²) in [7, 11) is 2.85. The van der Waals surface area contributed by atoms with Gasteiger partial charge in [-0.05, 0) is 38.7 Å². The van der Waals surface area contributed by atoms with Gasteiger partial charge in [-0.1, -0.05) is 46.6 Å². The molecule has 0 aliphatic rings. The van der Waals surface area contributed by atoms with E-state index in [1.54, 1.807) is 0 Å². The Labute approximate surface area is 102 Å². The van der Waals surface area contributed by atoms with Crippen molar-refractivity contribution in [2.24, 2.45) is 0 Å². The zero-order chi connectivity index (χ0) is 12.1. The Bertz CT molecular complexity index is 297. The molecule has 90 valence electrons. The van der Waals surface area contributed by atoms with Crippen LogP contribution in [0.4, 0.5) is 0 Å². The fraction of sp³-hybridized carbons (Fsp3) is 0.571. The van der Waals surface area contributed by atoms with Gasteiger partial charge in [0.2, 0.25) is 0 Å². The summed E-state index contributed by atoms with van der Waals surface area (Å²) in [5.74, 6) is 0.623. The molecule has 1 aromatic rings. The van der Waals surface area contributed by atoms with Gasteiger partial charge in [0.25, 0.3) is 0 Å². The van der Waals surface area contributed by atoms with Crippen LogP contribution in [-0.2, 0) is 0 Å². The minimum atomic E-state index is 0.586. The zero-order valence-electron chi connectivity index (χ0n) is 10.9. The maximum atomic E-state index is 2.85. The van der Waals surface area contributed by atoms with Crippen LogP contribution >= 0.6 is 9.39 Å². The van der Waals surface area contributed by atoms with E-state index in [1.807, 2.05) is 0 Å². The van der Waals surface area contributed by atoms with Crippen LogP contribution in [-0.4, -0.2) is 16.8 Å². The lowest BCUT2D eigenvalue weighted by molar-refractivity contribution is 0.291. The molecule has 0 amide bonds. The molecule has 0 aromatic heterocycles. The number of rotatable bonds is 5. The molecule has 0 radical (unpaired) electrons. The first-order valence-corrected chi connectivity index (χ1v) is 6.62. The van der Waals surface area contributed by atoms with Crippen molar-refractivity contribution in [1.29, 1.82) is 0 Å². The fourth-order valence-corrected chi connectivity index (χ4v) is 2.18. The third-order valence-electron chi connectivity index (χ3n) is 3.17. The Morgan fingerprint density at radius 2 is 1.62 bits per heavy atom. The van der Waals surface area contributed by atoms with Crippen LogP contribution in [0, 0.1) is 0 Å². The lowest BCUT2D eigenvalue weighted by atomic mass is 9.94. The molecule has 0 heterocycles. The highest BCUT2D eigenvalue weighted by atomic mass is 31.0. The first kappa shape index (κ1) is 13.7. The van der Waals surface area contributed by atoms with Gasteiger partial charge in [-0.3, -0.25) is 4.67 Å². The minimum absolute atomic E-state index is 0.586. The largest absolute Gasteiger partial charge is 0.282 e. The van der Waals surface area contributed by atoms with Gasteiger partial charge in [-0.2, -0.15) is 0 Å². The molecule has 0 bridgehead atoms. The summed E-state index contributed by atoms with van der Waals surface area (Å²) in [6.07, 6.45) is 1.20. The Morgan fingerprint density at radius 1 is 1.06 bits per heavy atom. The minimum Gasteiger partial charge on any atom is -0.282 e. The summed E-state index contributed by atoms with van der Waals surface area (Å²) < 4.78 is 2.36. The van der Waals surface area contributed by atoms with Crippen molar-refractivity contribution < 1.29 is 0 Å². The molecule has 0 saturated carbocycles. The molecule has 0 aliphatic heterocycles. The molecular formula is C14H24NP. The van der Waals surface area contributed by atoms with E-state index >= 15 is 0 Å². The Balaban J connectivity index is 2.55. The molecule has 1 aromatic carbocycles. The van der Waals surface area contributed by atoms with Gasteiger partial charge in [-0.15, -0.1) is 0 Å². The van der Waals surface area contributed by atoms with Gasteiger partial charge in [-0.25, -0.2) is 0 Å². The van der Waals surface area contributed by atoms with Crippen molar-refractivity contribution in [3.05, 3.63) is 35.9 Å². The van der Waals surface area contributed by atoms with Crippen molar-refractivity contribution in [2.45, 2.75) is 52.1 Å². The maximum absolute atomic E-state index is 2.85. The van der Waals surface area contributed by atoms with Gasteiger partial charge in [0, 0.05) is 12.1 Å². The molecule has 1 rings (SSSR count). The van der Waals surface area contributed by atoms with Gasteiger partial charge < -0.3 is 0 Å². The number of nitrogens with zero attached hydrogens (tertiary/aromatic N) is 1. The van der Waals surface area contributed by atoms with E-state index in [9.17, 15) is 0 Å². The highest BCUT2D eigenvalue weighted by molar-refractivity contribution is 7.13. The summed E-state index contributed by atoms with van der Waals surface area (Å²) in [6, 6.07) is 12.0. The first-order valence-electron chi connectivity index (χ1n) is 6.10. The Morgan fingerprint density at radius 3 is 2.12 bits per heavy atom. The lowest BCUT2D eigenvalue weighted by Gasteiger charge is -2.30. The molecule has 0 N–H and O–H groups in total. The SMILES string of the molecule is CC(CC(C)N(P)C(C)C)c1ccccc1. The topological polar surface area (TPSA) is 3.24 Å². The molecule has 3 atom stereocenters. The van der Waals surface area contributed by atoms with E-state index in [-0.39, 0.29) is 0 Å². The number of hydrogen-bond donors (Lipinski definition) is 0. The van der Waals surface area contributed by atoms with Crippen LogP contribution in [0.2, 0.25) is 0 Å². The quantitative estimate of drug-likeness (QED) is 0.698. The van der Waals surface area contributed by atoms with Gasteiger partial charge in [0.1, 0.15) is 0 Å². The molecule has 1 nitrogen and oxygen atoms in total. The summed E-state index contributed by atoms with van der Waals surface area (Å²) in [4.78, 5) is 0. The number of hydrogen-bond acceptors (Lipinski definition) is 1. The Kier molecular flexibility index (Phi) is 5.44. The van der Waals surface area contributed by atoms with E-state index in [0.717, 1.165) is 0 Å². The smallest absolute Gasteiger partial charge is 0.0109 e. The molecule has 2 heteroatoms. The average molecular weight is 237 g/mol. The molecule has 0 spiro atoms. The van der Waals surface area contributed by atoms with Crippen LogP contribution in [0.3, 0.4) is 0 Å². The second kappa shape index (κ2) is 6.37. The maximum Gasteiger partial charge on any atom is 0.0109 e. The third kappa shape index (κ3) is 3.88. The van der Waals surface area contributed by atoms with Crippen molar-refractivity contribution in [2.75, 3.05) is 0 Å². The van der Waals surface area contributed by atoms with Gasteiger partial charge in [0.15, 0.2) is 0 Å². The zero-order valence-corrected chi connectivity index (χ0v) is 12.0. The molecule has 0 aliphatic carbocycles. The highest BCUT2D eigenvalue weighted by Crippen LogP contribution is 2.24. The molecular weight excluding hydrogens is 213 g/mol. The van der Waals surface area contributed by atoms with E-state index in [2.05, 4.69) is 72.1 Å². The van der Waals surface area contributed by atoms with E-state index in [1.165, 1.54) is 12.0 Å². The summed E-state index contributed by atoms with van der Waals surface area (Å²) in [5, 5.41) is 0. The van der Waals surface area contributed by atoms with Gasteiger partial charge >= 0.3 is 0 Å². The monoisotopic (exact) mass is 237 g/mol. The second-order valence-corrected chi connectivity index (χ2v) is 5.53. The van der Waals surface area contributed by atoms with Crippen molar-refractivity contribution in [3.63, 3.8) is 0 Å². The first-order chi connectivity index (χ1) is 7.52. The van der Waals surface area contributed by atoms with Crippen LogP contribution in [0.5, 0.6) is 0 Å². The van der Waals surface area contributed by atoms with E-state index < -0.39 is 0 Å². The van der Waals surface area contributed by atoms with Crippen LogP contribution in [0.1, 0.15) is 45.6 Å². The van der Waals surface area contributed by atoms with Gasteiger partial charge in [0.05, 0.1) is 0 Å². The van der Waals surface area contributed by atoms with Crippen LogP contribution < -0.4 is 0 Å². The standard InChI is InChI=1S/C14H24NP/c1-11(2)15(16)13(4)10-12(3)14-8-6-5-7-9-14/h5-9,11-13H,10,16H2,1-4H3. The van der Waals surface area contributed by atoms with Crippen LogP contribution in [0.15, 0.2) is 30.3 Å².